The molecule has 0 aliphatic carbocycles. The molecule has 9 nitrogen and oxygen atoms in total. The van der Waals surface area contributed by atoms with Gasteiger partial charge in [-0.25, -0.2) is 14.6 Å². The summed E-state index contributed by atoms with van der Waals surface area (Å²) in [4.78, 5) is 44.2. The first kappa shape index (κ1) is 26.9. The fourth-order valence-corrected chi connectivity index (χ4v) is 4.09. The number of nitrogens with zero attached hydrogens (tertiary/aromatic N) is 2. The lowest BCUT2D eigenvalue weighted by Gasteiger charge is -2.35. The molecule has 1 fully saturated rings. The van der Waals surface area contributed by atoms with Crippen molar-refractivity contribution in [3.63, 3.8) is 0 Å². The van der Waals surface area contributed by atoms with E-state index < -0.39 is 47.2 Å². The van der Waals surface area contributed by atoms with E-state index in [9.17, 15) is 14.4 Å². The van der Waals surface area contributed by atoms with Crippen LogP contribution in [0, 0.1) is 12.3 Å². The SMILES string of the molecule is COC(=O)[C@@H]1C[C@@H](Oc2cc(C)nc(Br)c2)CN1C(=O)[C@@H](NC(=O)OC(C)(C)C)C(C)(C)C. The van der Waals surface area contributed by atoms with Gasteiger partial charge in [-0.3, -0.25) is 4.79 Å². The summed E-state index contributed by atoms with van der Waals surface area (Å²) in [5, 5.41) is 2.69. The Morgan fingerprint density at radius 3 is 2.33 bits per heavy atom. The minimum Gasteiger partial charge on any atom is -0.488 e. The van der Waals surface area contributed by atoms with Crippen molar-refractivity contribution < 1.29 is 28.6 Å². The van der Waals surface area contributed by atoms with Gasteiger partial charge in [-0.15, -0.1) is 0 Å². The second kappa shape index (κ2) is 10.3. The van der Waals surface area contributed by atoms with Crippen LogP contribution >= 0.6 is 15.9 Å². The van der Waals surface area contributed by atoms with Crippen molar-refractivity contribution in [3.05, 3.63) is 22.4 Å². The highest BCUT2D eigenvalue weighted by atomic mass is 79.9. The maximum Gasteiger partial charge on any atom is 0.408 e. The fourth-order valence-electron chi connectivity index (χ4n) is 3.58. The number of halogens is 1. The Balaban J connectivity index is 2.26. The number of aryl methyl sites for hydroxylation is 1. The zero-order valence-corrected chi connectivity index (χ0v) is 22.1. The van der Waals surface area contributed by atoms with E-state index >= 15 is 0 Å². The first-order chi connectivity index (χ1) is 15.1. The second-order valence-electron chi connectivity index (χ2n) is 10.2. The molecule has 1 saturated heterocycles. The van der Waals surface area contributed by atoms with Gasteiger partial charge in [0.05, 0.1) is 13.7 Å². The Labute approximate surface area is 203 Å². The number of carbonyl (C=O) groups excluding carboxylic acids is 3. The van der Waals surface area contributed by atoms with Crippen molar-refractivity contribution in [2.24, 2.45) is 5.41 Å². The first-order valence-electron chi connectivity index (χ1n) is 10.8. The van der Waals surface area contributed by atoms with Crippen molar-refractivity contribution in [2.45, 2.75) is 78.7 Å². The van der Waals surface area contributed by atoms with E-state index in [1.165, 1.54) is 12.0 Å². The quantitative estimate of drug-likeness (QED) is 0.460. The number of hydrogen-bond donors (Lipinski definition) is 1. The molecule has 0 saturated carbocycles. The van der Waals surface area contributed by atoms with Crippen LogP contribution in [-0.4, -0.2) is 65.3 Å². The number of rotatable bonds is 5. The molecule has 0 bridgehead atoms. The molecule has 0 spiro atoms. The number of nitrogens with one attached hydrogen (secondary N) is 1. The lowest BCUT2D eigenvalue weighted by atomic mass is 9.85. The molecule has 2 rings (SSSR count). The average molecular weight is 528 g/mol. The van der Waals surface area contributed by atoms with Crippen molar-refractivity contribution in [1.82, 2.24) is 15.2 Å². The van der Waals surface area contributed by atoms with E-state index in [0.29, 0.717) is 10.4 Å². The summed E-state index contributed by atoms with van der Waals surface area (Å²) >= 11 is 3.35. The molecule has 33 heavy (non-hydrogen) atoms. The van der Waals surface area contributed by atoms with Crippen LogP contribution in [0.5, 0.6) is 5.75 Å². The van der Waals surface area contributed by atoms with Gasteiger partial charge in [-0.05, 0) is 49.0 Å². The van der Waals surface area contributed by atoms with Gasteiger partial charge in [0.1, 0.15) is 34.1 Å². The van der Waals surface area contributed by atoms with E-state index in [-0.39, 0.29) is 13.0 Å². The van der Waals surface area contributed by atoms with E-state index in [2.05, 4.69) is 26.2 Å². The highest BCUT2D eigenvalue weighted by Gasteiger charge is 2.46. The Morgan fingerprint density at radius 1 is 1.18 bits per heavy atom. The summed E-state index contributed by atoms with van der Waals surface area (Å²) in [5.41, 5.74) is -0.585. The summed E-state index contributed by atoms with van der Waals surface area (Å²) in [5.74, 6) is -0.357. The summed E-state index contributed by atoms with van der Waals surface area (Å²) in [6.07, 6.45) is -0.871. The third kappa shape index (κ3) is 7.58. The minimum atomic E-state index is -0.921. The molecule has 1 aliphatic heterocycles. The zero-order chi connectivity index (χ0) is 25.1. The highest BCUT2D eigenvalue weighted by Crippen LogP contribution is 2.29. The van der Waals surface area contributed by atoms with Gasteiger partial charge in [-0.1, -0.05) is 20.8 Å². The molecule has 1 aromatic heterocycles. The number of amides is 2. The van der Waals surface area contributed by atoms with Crippen molar-refractivity contribution in [2.75, 3.05) is 13.7 Å². The normalized spacial score (nSPS) is 19.6. The molecule has 0 aromatic carbocycles. The highest BCUT2D eigenvalue weighted by molar-refractivity contribution is 9.10. The Hall–Kier alpha value is -2.36. The van der Waals surface area contributed by atoms with Crippen LogP contribution in [0.4, 0.5) is 4.79 Å². The standard InChI is InChI=1S/C23H34BrN3O6/c1-13-9-14(11-17(24)25-13)32-15-10-16(20(29)31-8)27(12-15)19(28)18(22(2,3)4)26-21(30)33-23(5,6)7/h9,11,15-16,18H,10,12H2,1-8H3,(H,26,30)/t15-,16+,18-/m1/s1. The van der Waals surface area contributed by atoms with E-state index in [4.69, 9.17) is 14.2 Å². The molecule has 1 aromatic rings. The van der Waals surface area contributed by atoms with Crippen LogP contribution in [0.2, 0.25) is 0 Å². The number of methoxy groups -OCH3 is 1. The number of likely N-dealkylation sites (tertiary alicyclic amines) is 1. The van der Waals surface area contributed by atoms with Crippen LogP contribution in [0.25, 0.3) is 0 Å². The maximum atomic E-state index is 13.6. The van der Waals surface area contributed by atoms with Gasteiger partial charge in [0.2, 0.25) is 5.91 Å². The van der Waals surface area contributed by atoms with Gasteiger partial charge in [0.25, 0.3) is 0 Å². The number of alkyl carbamates (subject to hydrolysis) is 1. The second-order valence-corrected chi connectivity index (χ2v) is 11.0. The monoisotopic (exact) mass is 527 g/mol. The van der Waals surface area contributed by atoms with Crippen molar-refractivity contribution in [3.8, 4) is 5.75 Å². The first-order valence-corrected chi connectivity index (χ1v) is 11.6. The third-order valence-electron chi connectivity index (χ3n) is 4.99. The number of ether oxygens (including phenoxy) is 3. The molecule has 2 heterocycles. The van der Waals surface area contributed by atoms with Crippen molar-refractivity contribution >= 4 is 33.9 Å². The lowest BCUT2D eigenvalue weighted by molar-refractivity contribution is -0.152. The molecule has 3 atom stereocenters. The van der Waals surface area contributed by atoms with Crippen LogP contribution in [0.3, 0.4) is 0 Å². The van der Waals surface area contributed by atoms with Gasteiger partial charge in [-0.2, -0.15) is 0 Å². The van der Waals surface area contributed by atoms with E-state index in [0.717, 1.165) is 5.69 Å². The largest absolute Gasteiger partial charge is 0.488 e. The van der Waals surface area contributed by atoms with Crippen molar-refractivity contribution in [1.29, 1.82) is 0 Å². The summed E-state index contributed by atoms with van der Waals surface area (Å²) in [7, 11) is 1.28. The van der Waals surface area contributed by atoms with E-state index in [1.54, 1.807) is 32.9 Å². The number of aromatic nitrogens is 1. The maximum absolute atomic E-state index is 13.6. The molecule has 2 amide bonds. The fraction of sp³-hybridized carbons (Fsp3) is 0.652. The van der Waals surface area contributed by atoms with Crippen LogP contribution in [0.15, 0.2) is 16.7 Å². The minimum absolute atomic E-state index is 0.167. The lowest BCUT2D eigenvalue weighted by Crippen LogP contribution is -2.57. The zero-order valence-electron chi connectivity index (χ0n) is 20.5. The van der Waals surface area contributed by atoms with Gasteiger partial charge >= 0.3 is 12.1 Å². The van der Waals surface area contributed by atoms with Gasteiger partial charge in [0.15, 0.2) is 0 Å². The molecule has 0 unspecified atom stereocenters. The van der Waals surface area contributed by atoms with Crippen LogP contribution < -0.4 is 10.1 Å². The summed E-state index contributed by atoms with van der Waals surface area (Å²) in [6, 6.07) is 1.76. The molecule has 1 N–H and O–H groups in total. The molecule has 184 valence electrons. The molecular weight excluding hydrogens is 494 g/mol. The topological polar surface area (TPSA) is 107 Å². The Bertz CT molecular complexity index is 873. The smallest absolute Gasteiger partial charge is 0.408 e. The molecule has 0 radical (unpaired) electrons. The summed E-state index contributed by atoms with van der Waals surface area (Å²) in [6.45, 7) is 12.8. The van der Waals surface area contributed by atoms with Gasteiger partial charge < -0.3 is 24.4 Å². The number of pyridine rings is 1. The van der Waals surface area contributed by atoms with Crippen LogP contribution in [0.1, 0.15) is 53.7 Å². The number of carbonyl (C=O) groups is 3. The van der Waals surface area contributed by atoms with E-state index in [1.807, 2.05) is 27.7 Å². The average Bonchev–Trinajstić information content (AvgIpc) is 3.05. The Kier molecular flexibility index (Phi) is 8.37. The molecular formula is C23H34BrN3O6. The predicted molar refractivity (Wildman–Crippen MR) is 126 cm³/mol. The molecule has 1 aliphatic rings. The van der Waals surface area contributed by atoms with Gasteiger partial charge in [0, 0.05) is 24.2 Å². The van der Waals surface area contributed by atoms with Crippen LogP contribution in [-0.2, 0) is 19.1 Å². The summed E-state index contributed by atoms with van der Waals surface area (Å²) < 4.78 is 17.0. The Morgan fingerprint density at radius 2 is 1.82 bits per heavy atom. The molecule has 10 heteroatoms. The number of esters is 1. The third-order valence-corrected chi connectivity index (χ3v) is 5.40. The number of hydrogen-bond acceptors (Lipinski definition) is 7. The predicted octanol–water partition coefficient (Wildman–Crippen LogP) is 3.61.